The number of thiazole rings is 1. The summed E-state index contributed by atoms with van der Waals surface area (Å²) in [5.74, 6) is -0.448. The van der Waals surface area contributed by atoms with Gasteiger partial charge in [-0.3, -0.25) is 9.59 Å². The fourth-order valence-electron chi connectivity index (χ4n) is 1.95. The summed E-state index contributed by atoms with van der Waals surface area (Å²) in [6, 6.07) is 7.52. The predicted octanol–water partition coefficient (Wildman–Crippen LogP) is 2.72. The summed E-state index contributed by atoms with van der Waals surface area (Å²) >= 11 is 1.29. The van der Waals surface area contributed by atoms with Crippen molar-refractivity contribution in [2.45, 2.75) is 20.3 Å². The number of nitrogens with zero attached hydrogens (tertiary/aromatic N) is 1. The minimum atomic E-state index is -0.943. The zero-order valence-electron chi connectivity index (χ0n) is 13.0. The van der Waals surface area contributed by atoms with Crippen molar-refractivity contribution in [1.82, 2.24) is 10.3 Å². The van der Waals surface area contributed by atoms with Gasteiger partial charge in [-0.05, 0) is 38.1 Å². The van der Waals surface area contributed by atoms with E-state index in [1.165, 1.54) is 11.3 Å². The number of benzene rings is 1. The van der Waals surface area contributed by atoms with E-state index in [0.717, 1.165) is 16.3 Å². The van der Waals surface area contributed by atoms with Crippen LogP contribution in [0.25, 0.3) is 10.6 Å². The lowest BCUT2D eigenvalue weighted by Gasteiger charge is -2.03. The van der Waals surface area contributed by atoms with Gasteiger partial charge >= 0.3 is 5.97 Å². The number of nitrogens with one attached hydrogen (secondary N) is 1. The Bertz CT molecular complexity index is 695. The van der Waals surface area contributed by atoms with Gasteiger partial charge in [-0.25, -0.2) is 4.98 Å². The predicted molar refractivity (Wildman–Crippen MR) is 88.0 cm³/mol. The van der Waals surface area contributed by atoms with E-state index in [0.29, 0.717) is 17.2 Å². The van der Waals surface area contributed by atoms with Gasteiger partial charge in [-0.15, -0.1) is 11.3 Å². The molecule has 2 aromatic rings. The maximum absolute atomic E-state index is 12.1. The Morgan fingerprint density at radius 3 is 2.61 bits per heavy atom. The van der Waals surface area contributed by atoms with Crippen molar-refractivity contribution in [3.8, 4) is 16.3 Å². The van der Waals surface area contributed by atoms with Crippen molar-refractivity contribution >= 4 is 23.2 Å². The second kappa shape index (κ2) is 7.73. The van der Waals surface area contributed by atoms with Crippen molar-refractivity contribution in [1.29, 1.82) is 0 Å². The summed E-state index contributed by atoms with van der Waals surface area (Å²) in [6.45, 7) is 4.40. The first-order chi connectivity index (χ1) is 11.0. The minimum absolute atomic E-state index is 0.101. The first-order valence-corrected chi connectivity index (χ1v) is 8.03. The first kappa shape index (κ1) is 17.0. The molecule has 1 heterocycles. The third-order valence-electron chi connectivity index (χ3n) is 3.04. The number of hydrogen-bond donors (Lipinski definition) is 2. The smallest absolute Gasteiger partial charge is 0.305 e. The van der Waals surface area contributed by atoms with E-state index in [-0.39, 0.29) is 18.9 Å². The molecule has 6 nitrogen and oxygen atoms in total. The molecule has 0 aliphatic rings. The molecule has 0 radical (unpaired) electrons. The highest BCUT2D eigenvalue weighted by molar-refractivity contribution is 7.17. The summed E-state index contributed by atoms with van der Waals surface area (Å²) in [7, 11) is 0. The lowest BCUT2D eigenvalue weighted by atomic mass is 10.2. The molecule has 0 aliphatic heterocycles. The third-order valence-corrected chi connectivity index (χ3v) is 4.24. The van der Waals surface area contributed by atoms with Crippen molar-refractivity contribution in [3.63, 3.8) is 0 Å². The Balaban J connectivity index is 2.10. The van der Waals surface area contributed by atoms with Gasteiger partial charge in [0, 0.05) is 12.1 Å². The van der Waals surface area contributed by atoms with Crippen LogP contribution in [-0.2, 0) is 4.79 Å². The number of carbonyl (C=O) groups is 2. The highest BCUT2D eigenvalue weighted by atomic mass is 32.1. The fourth-order valence-corrected chi connectivity index (χ4v) is 2.94. The molecule has 0 bridgehead atoms. The molecule has 0 saturated carbocycles. The summed E-state index contributed by atoms with van der Waals surface area (Å²) in [5.41, 5.74) is 1.54. The Morgan fingerprint density at radius 1 is 1.30 bits per heavy atom. The molecule has 0 fully saturated rings. The maximum Gasteiger partial charge on any atom is 0.305 e. The van der Waals surface area contributed by atoms with Crippen LogP contribution in [-0.4, -0.2) is 35.1 Å². The van der Waals surface area contributed by atoms with Crippen LogP contribution in [0.5, 0.6) is 5.75 Å². The van der Waals surface area contributed by atoms with Gasteiger partial charge in [0.25, 0.3) is 5.91 Å². The topological polar surface area (TPSA) is 88.5 Å². The van der Waals surface area contributed by atoms with Gasteiger partial charge in [0.1, 0.15) is 15.6 Å². The molecule has 0 unspecified atom stereocenters. The quantitative estimate of drug-likeness (QED) is 0.813. The minimum Gasteiger partial charge on any atom is -0.494 e. The first-order valence-electron chi connectivity index (χ1n) is 7.22. The summed E-state index contributed by atoms with van der Waals surface area (Å²) in [6.07, 6.45) is -0.102. The van der Waals surface area contributed by atoms with Gasteiger partial charge in [-0.1, -0.05) is 0 Å². The molecular formula is C16H18N2O4S. The van der Waals surface area contributed by atoms with Gasteiger partial charge in [-0.2, -0.15) is 0 Å². The molecule has 2 rings (SSSR count). The lowest BCUT2D eigenvalue weighted by Crippen LogP contribution is -2.25. The van der Waals surface area contributed by atoms with Gasteiger partial charge < -0.3 is 15.2 Å². The second-order valence-electron chi connectivity index (χ2n) is 4.79. The number of carbonyl (C=O) groups excluding carboxylic acids is 1. The number of aromatic nitrogens is 1. The van der Waals surface area contributed by atoms with Crippen LogP contribution in [0, 0.1) is 6.92 Å². The largest absolute Gasteiger partial charge is 0.494 e. The number of aryl methyl sites for hydroxylation is 1. The average Bonchev–Trinajstić information content (AvgIpc) is 2.90. The Morgan fingerprint density at radius 2 is 2.00 bits per heavy atom. The number of hydrogen-bond acceptors (Lipinski definition) is 5. The number of aliphatic carboxylic acids is 1. The van der Waals surface area contributed by atoms with Crippen LogP contribution in [0.15, 0.2) is 24.3 Å². The second-order valence-corrected chi connectivity index (χ2v) is 5.79. The van der Waals surface area contributed by atoms with Gasteiger partial charge in [0.15, 0.2) is 0 Å². The lowest BCUT2D eigenvalue weighted by molar-refractivity contribution is -0.136. The zero-order chi connectivity index (χ0) is 16.8. The Kier molecular flexibility index (Phi) is 5.70. The van der Waals surface area contributed by atoms with Crippen molar-refractivity contribution < 1.29 is 19.4 Å². The van der Waals surface area contributed by atoms with Crippen LogP contribution >= 0.6 is 11.3 Å². The zero-order valence-corrected chi connectivity index (χ0v) is 13.8. The highest BCUT2D eigenvalue weighted by Gasteiger charge is 2.16. The van der Waals surface area contributed by atoms with Crippen molar-refractivity contribution in [2.24, 2.45) is 0 Å². The van der Waals surface area contributed by atoms with E-state index in [4.69, 9.17) is 9.84 Å². The molecule has 0 aliphatic carbocycles. The standard InChI is InChI=1S/C16H18N2O4S/c1-3-22-12-6-4-11(5-7-12)16-18-10(2)14(23-16)15(21)17-9-8-13(19)20/h4-7H,3,8-9H2,1-2H3,(H,17,21)(H,19,20). The molecule has 1 aromatic carbocycles. The monoisotopic (exact) mass is 334 g/mol. The van der Waals surface area contributed by atoms with Crippen LogP contribution in [0.2, 0.25) is 0 Å². The van der Waals surface area contributed by atoms with Crippen LogP contribution in [0.1, 0.15) is 28.7 Å². The molecular weight excluding hydrogens is 316 g/mol. The van der Waals surface area contributed by atoms with Gasteiger partial charge in [0.05, 0.1) is 18.7 Å². The maximum atomic E-state index is 12.1. The average molecular weight is 334 g/mol. The highest BCUT2D eigenvalue weighted by Crippen LogP contribution is 2.29. The number of amides is 1. The fraction of sp³-hybridized carbons (Fsp3) is 0.312. The van der Waals surface area contributed by atoms with Crippen LogP contribution < -0.4 is 10.1 Å². The molecule has 7 heteroatoms. The Hall–Kier alpha value is -2.41. The Labute approximate surface area is 138 Å². The normalized spacial score (nSPS) is 10.3. The number of ether oxygens (including phenoxy) is 1. The molecule has 2 N–H and O–H groups in total. The summed E-state index contributed by atoms with van der Waals surface area (Å²) < 4.78 is 5.40. The van der Waals surface area contributed by atoms with Crippen LogP contribution in [0.4, 0.5) is 0 Å². The van der Waals surface area contributed by atoms with Gasteiger partial charge in [0.2, 0.25) is 0 Å². The number of rotatable bonds is 7. The van der Waals surface area contributed by atoms with E-state index in [1.807, 2.05) is 31.2 Å². The van der Waals surface area contributed by atoms with E-state index in [9.17, 15) is 9.59 Å². The summed E-state index contributed by atoms with van der Waals surface area (Å²) in [4.78, 5) is 27.5. The molecule has 23 heavy (non-hydrogen) atoms. The molecule has 122 valence electrons. The van der Waals surface area contributed by atoms with E-state index < -0.39 is 5.97 Å². The third kappa shape index (κ3) is 4.53. The molecule has 1 aromatic heterocycles. The van der Waals surface area contributed by atoms with E-state index in [2.05, 4.69) is 10.3 Å². The molecule has 1 amide bonds. The van der Waals surface area contributed by atoms with E-state index >= 15 is 0 Å². The number of carboxylic acid groups (broad SMARTS) is 1. The van der Waals surface area contributed by atoms with E-state index in [1.54, 1.807) is 6.92 Å². The molecule has 0 atom stereocenters. The summed E-state index contributed by atoms with van der Waals surface area (Å²) in [5, 5.41) is 11.9. The van der Waals surface area contributed by atoms with Crippen LogP contribution in [0.3, 0.4) is 0 Å². The SMILES string of the molecule is CCOc1ccc(-c2nc(C)c(C(=O)NCCC(=O)O)s2)cc1. The number of carboxylic acids is 1. The van der Waals surface area contributed by atoms with Crippen molar-refractivity contribution in [3.05, 3.63) is 34.8 Å². The molecule has 0 saturated heterocycles. The van der Waals surface area contributed by atoms with Crippen molar-refractivity contribution in [2.75, 3.05) is 13.2 Å². The molecule has 0 spiro atoms.